The number of H-pyrrole nitrogens is 1. The summed E-state index contributed by atoms with van der Waals surface area (Å²) < 4.78 is 0. The van der Waals surface area contributed by atoms with Crippen LogP contribution in [0.2, 0.25) is 0 Å². The van der Waals surface area contributed by atoms with Crippen LogP contribution in [0.25, 0.3) is 11.0 Å². The van der Waals surface area contributed by atoms with Crippen LogP contribution in [-0.2, 0) is 0 Å². The van der Waals surface area contributed by atoms with Crippen molar-refractivity contribution in [1.82, 2.24) is 9.97 Å². The van der Waals surface area contributed by atoms with Crippen LogP contribution in [0.4, 0.5) is 0 Å². The predicted octanol–water partition coefficient (Wildman–Crippen LogP) is 4.04. The van der Waals surface area contributed by atoms with E-state index in [0.717, 1.165) is 26.6 Å². The maximum absolute atomic E-state index is 5.86. The maximum atomic E-state index is 5.86. The maximum Gasteiger partial charge on any atom is 0.171 e. The van der Waals surface area contributed by atoms with Crippen molar-refractivity contribution in [3.8, 4) is 0 Å². The van der Waals surface area contributed by atoms with Gasteiger partial charge in [-0.3, -0.25) is 0 Å². The summed E-state index contributed by atoms with van der Waals surface area (Å²) in [5, 5.41) is 0.916. The molecule has 0 radical (unpaired) electrons. The second kappa shape index (κ2) is 5.31. The Hall–Kier alpha value is -1.78. The number of imidazole rings is 1. The largest absolute Gasteiger partial charge is 0.333 e. The Morgan fingerprint density at radius 1 is 1.15 bits per heavy atom. The van der Waals surface area contributed by atoms with Crippen molar-refractivity contribution in [3.63, 3.8) is 0 Å². The average Bonchev–Trinajstić information content (AvgIpc) is 2.80. The van der Waals surface area contributed by atoms with E-state index in [-0.39, 0.29) is 6.04 Å². The molecule has 0 unspecified atom stereocenters. The monoisotopic (exact) mass is 283 g/mol. The highest BCUT2D eigenvalue weighted by Crippen LogP contribution is 2.28. The summed E-state index contributed by atoms with van der Waals surface area (Å²) in [6.45, 7) is 4.07. The van der Waals surface area contributed by atoms with Gasteiger partial charge in [0.05, 0.1) is 11.0 Å². The third-order valence-corrected chi connectivity index (χ3v) is 4.13. The standard InChI is InChI=1S/C16H17N3S/c1-10-3-8-14-15(9-10)19-16(18-14)20-13-6-4-12(5-7-13)11(2)17/h3-9,11H,17H2,1-2H3,(H,18,19)/t11-/m0/s1. The Morgan fingerprint density at radius 3 is 2.60 bits per heavy atom. The first-order chi connectivity index (χ1) is 9.61. The van der Waals surface area contributed by atoms with Gasteiger partial charge in [-0.2, -0.15) is 0 Å². The molecule has 1 heterocycles. The van der Waals surface area contributed by atoms with Crippen molar-refractivity contribution in [3.05, 3.63) is 53.6 Å². The molecule has 3 N–H and O–H groups in total. The molecule has 2 aromatic carbocycles. The van der Waals surface area contributed by atoms with Crippen molar-refractivity contribution in [2.75, 3.05) is 0 Å². The minimum Gasteiger partial charge on any atom is -0.333 e. The minimum atomic E-state index is 0.0724. The number of benzene rings is 2. The van der Waals surface area contributed by atoms with Gasteiger partial charge in [-0.15, -0.1) is 0 Å². The lowest BCUT2D eigenvalue weighted by molar-refractivity contribution is 0.817. The number of hydrogen-bond acceptors (Lipinski definition) is 3. The highest BCUT2D eigenvalue weighted by Gasteiger charge is 2.05. The zero-order valence-electron chi connectivity index (χ0n) is 11.6. The van der Waals surface area contributed by atoms with Crippen molar-refractivity contribution in [2.45, 2.75) is 29.9 Å². The molecule has 0 saturated heterocycles. The minimum absolute atomic E-state index is 0.0724. The van der Waals surface area contributed by atoms with E-state index in [1.807, 2.05) is 13.0 Å². The lowest BCUT2D eigenvalue weighted by atomic mass is 10.1. The number of hydrogen-bond donors (Lipinski definition) is 2. The summed E-state index contributed by atoms with van der Waals surface area (Å²) in [6.07, 6.45) is 0. The van der Waals surface area contributed by atoms with E-state index in [1.54, 1.807) is 11.8 Å². The highest BCUT2D eigenvalue weighted by molar-refractivity contribution is 7.99. The van der Waals surface area contributed by atoms with Crippen molar-refractivity contribution >= 4 is 22.8 Å². The molecular weight excluding hydrogens is 266 g/mol. The summed E-state index contributed by atoms with van der Waals surface area (Å²) in [5.74, 6) is 0. The molecule has 0 aliphatic rings. The number of aryl methyl sites for hydroxylation is 1. The highest BCUT2D eigenvalue weighted by atomic mass is 32.2. The van der Waals surface area contributed by atoms with Gasteiger partial charge in [0, 0.05) is 10.9 Å². The van der Waals surface area contributed by atoms with Crippen LogP contribution in [0.1, 0.15) is 24.1 Å². The summed E-state index contributed by atoms with van der Waals surface area (Å²) in [5.41, 5.74) is 10.3. The van der Waals surface area contributed by atoms with Crippen LogP contribution in [0.5, 0.6) is 0 Å². The molecule has 3 rings (SSSR count). The van der Waals surface area contributed by atoms with Gasteiger partial charge < -0.3 is 10.7 Å². The van der Waals surface area contributed by atoms with Gasteiger partial charge in [0.2, 0.25) is 0 Å². The van der Waals surface area contributed by atoms with Crippen molar-refractivity contribution < 1.29 is 0 Å². The first-order valence-electron chi connectivity index (χ1n) is 6.61. The van der Waals surface area contributed by atoms with Crippen LogP contribution >= 0.6 is 11.8 Å². The lowest BCUT2D eigenvalue weighted by Crippen LogP contribution is -2.04. The van der Waals surface area contributed by atoms with E-state index in [0.29, 0.717) is 0 Å². The van der Waals surface area contributed by atoms with Crippen LogP contribution in [0.15, 0.2) is 52.5 Å². The molecule has 0 saturated carbocycles. The first kappa shape index (κ1) is 13.2. The summed E-state index contributed by atoms with van der Waals surface area (Å²) >= 11 is 1.63. The third-order valence-electron chi connectivity index (χ3n) is 3.24. The van der Waals surface area contributed by atoms with Gasteiger partial charge in [0.15, 0.2) is 5.16 Å². The molecule has 0 aliphatic heterocycles. The predicted molar refractivity (Wildman–Crippen MR) is 84.0 cm³/mol. The third kappa shape index (κ3) is 2.71. The van der Waals surface area contributed by atoms with Gasteiger partial charge >= 0.3 is 0 Å². The lowest BCUT2D eigenvalue weighted by Gasteiger charge is -2.05. The molecule has 0 amide bonds. The zero-order valence-corrected chi connectivity index (χ0v) is 12.4. The number of aromatic amines is 1. The van der Waals surface area contributed by atoms with Gasteiger partial charge in [0.25, 0.3) is 0 Å². The van der Waals surface area contributed by atoms with Gasteiger partial charge in [-0.05, 0) is 49.2 Å². The molecular formula is C16H17N3S. The Kier molecular flexibility index (Phi) is 3.51. The SMILES string of the molecule is Cc1ccc2nc(Sc3ccc([C@H](C)N)cc3)[nH]c2c1. The second-order valence-corrected chi connectivity index (χ2v) is 6.08. The number of nitrogens with two attached hydrogens (primary N) is 1. The van der Waals surface area contributed by atoms with E-state index in [4.69, 9.17) is 5.73 Å². The number of aromatic nitrogens is 2. The normalized spacial score (nSPS) is 12.8. The van der Waals surface area contributed by atoms with Gasteiger partial charge in [-0.25, -0.2) is 4.98 Å². The quantitative estimate of drug-likeness (QED) is 0.762. The van der Waals surface area contributed by atoms with Crippen molar-refractivity contribution in [2.24, 2.45) is 5.73 Å². The molecule has 1 atom stereocenters. The van der Waals surface area contributed by atoms with E-state index in [1.165, 1.54) is 5.56 Å². The Bertz CT molecular complexity index is 729. The molecule has 3 aromatic rings. The first-order valence-corrected chi connectivity index (χ1v) is 7.43. The fourth-order valence-corrected chi connectivity index (χ4v) is 2.90. The number of nitrogens with one attached hydrogen (secondary N) is 1. The smallest absolute Gasteiger partial charge is 0.171 e. The van der Waals surface area contributed by atoms with Crippen LogP contribution in [0, 0.1) is 6.92 Å². The van der Waals surface area contributed by atoms with Crippen LogP contribution in [0.3, 0.4) is 0 Å². The van der Waals surface area contributed by atoms with Gasteiger partial charge in [-0.1, -0.05) is 30.0 Å². The molecule has 0 spiro atoms. The average molecular weight is 283 g/mol. The summed E-state index contributed by atoms with van der Waals surface area (Å²) in [4.78, 5) is 9.10. The van der Waals surface area contributed by atoms with Gasteiger partial charge in [0.1, 0.15) is 0 Å². The molecule has 102 valence electrons. The van der Waals surface area contributed by atoms with Crippen molar-refractivity contribution in [1.29, 1.82) is 0 Å². The topological polar surface area (TPSA) is 54.7 Å². The zero-order chi connectivity index (χ0) is 14.1. The molecule has 4 heteroatoms. The molecule has 0 bridgehead atoms. The number of rotatable bonds is 3. The van der Waals surface area contributed by atoms with E-state index in [9.17, 15) is 0 Å². The molecule has 20 heavy (non-hydrogen) atoms. The molecule has 1 aromatic heterocycles. The Labute approximate surface area is 122 Å². The second-order valence-electron chi connectivity index (χ2n) is 5.02. The summed E-state index contributed by atoms with van der Waals surface area (Å²) in [6, 6.07) is 14.6. The number of fused-ring (bicyclic) bond motifs is 1. The fourth-order valence-electron chi connectivity index (χ4n) is 2.10. The van der Waals surface area contributed by atoms with Crippen LogP contribution < -0.4 is 5.73 Å². The summed E-state index contributed by atoms with van der Waals surface area (Å²) in [7, 11) is 0. The van der Waals surface area contributed by atoms with E-state index in [2.05, 4.69) is 53.3 Å². The number of nitrogens with zero attached hydrogens (tertiary/aromatic N) is 1. The Balaban J connectivity index is 1.85. The van der Waals surface area contributed by atoms with E-state index < -0.39 is 0 Å². The van der Waals surface area contributed by atoms with E-state index >= 15 is 0 Å². The molecule has 0 fully saturated rings. The molecule has 0 aliphatic carbocycles. The van der Waals surface area contributed by atoms with Crippen LogP contribution in [-0.4, -0.2) is 9.97 Å². The Morgan fingerprint density at radius 2 is 1.90 bits per heavy atom. The molecule has 3 nitrogen and oxygen atoms in total. The fraction of sp³-hybridized carbons (Fsp3) is 0.188.